The third-order valence-electron chi connectivity index (χ3n) is 2.79. The Morgan fingerprint density at radius 1 is 1.19 bits per heavy atom. The number of aromatic nitrogens is 2. The standard InChI is InChI=1S/C8H7ClN2.C7H17N.C2H6/c1-5-10-7-4-2-3-6(9)8(7)11-5;1-4-5-6-7-8(2)3;1-2/h2-4H,1H3,(H,10,11);4-7H2,1-3H3;1-2H3. The Labute approximate surface area is 134 Å². The lowest BCUT2D eigenvalue weighted by Crippen LogP contribution is -2.12. The number of unbranched alkanes of at least 4 members (excludes halogenated alkanes) is 2. The van der Waals surface area contributed by atoms with Gasteiger partial charge >= 0.3 is 0 Å². The minimum absolute atomic E-state index is 0.701. The average molecular weight is 312 g/mol. The first-order valence-corrected chi connectivity index (χ1v) is 8.18. The van der Waals surface area contributed by atoms with Crippen LogP contribution in [-0.2, 0) is 0 Å². The Bertz CT molecular complexity index is 492. The second kappa shape index (κ2) is 11.6. The van der Waals surface area contributed by atoms with Crippen molar-refractivity contribution in [3.05, 3.63) is 29.0 Å². The van der Waals surface area contributed by atoms with Crippen molar-refractivity contribution in [2.24, 2.45) is 0 Å². The van der Waals surface area contributed by atoms with Gasteiger partial charge in [0, 0.05) is 0 Å². The number of H-pyrrole nitrogens is 1. The van der Waals surface area contributed by atoms with Crippen LogP contribution in [0.15, 0.2) is 18.2 Å². The summed E-state index contributed by atoms with van der Waals surface area (Å²) in [5.41, 5.74) is 1.85. The van der Waals surface area contributed by atoms with Gasteiger partial charge in [-0.05, 0) is 46.1 Å². The van der Waals surface area contributed by atoms with E-state index in [2.05, 4.69) is 35.9 Å². The van der Waals surface area contributed by atoms with E-state index in [-0.39, 0.29) is 0 Å². The maximum absolute atomic E-state index is 5.89. The molecule has 1 N–H and O–H groups in total. The number of para-hydroxylation sites is 1. The zero-order valence-electron chi connectivity index (χ0n) is 14.3. The van der Waals surface area contributed by atoms with Crippen molar-refractivity contribution in [2.45, 2.75) is 47.0 Å². The number of aromatic amines is 1. The zero-order chi connectivity index (χ0) is 16.3. The summed E-state index contributed by atoms with van der Waals surface area (Å²) in [4.78, 5) is 9.56. The summed E-state index contributed by atoms with van der Waals surface area (Å²) < 4.78 is 0. The molecule has 0 aliphatic carbocycles. The number of nitrogens with zero attached hydrogens (tertiary/aromatic N) is 2. The van der Waals surface area contributed by atoms with Gasteiger partial charge in [-0.2, -0.15) is 0 Å². The van der Waals surface area contributed by atoms with E-state index in [4.69, 9.17) is 11.6 Å². The smallest absolute Gasteiger partial charge is 0.107 e. The van der Waals surface area contributed by atoms with Gasteiger partial charge in [0.15, 0.2) is 0 Å². The SMILES string of the molecule is CC.CCCCCN(C)C.Cc1nc2c(Cl)cccc2[nH]1. The first-order valence-electron chi connectivity index (χ1n) is 7.80. The van der Waals surface area contributed by atoms with Crippen molar-refractivity contribution in [2.75, 3.05) is 20.6 Å². The van der Waals surface area contributed by atoms with Crippen LogP contribution < -0.4 is 0 Å². The van der Waals surface area contributed by atoms with Crippen LogP contribution in [0.2, 0.25) is 5.02 Å². The normalized spacial score (nSPS) is 9.90. The molecule has 0 atom stereocenters. The van der Waals surface area contributed by atoms with Gasteiger partial charge in [0.2, 0.25) is 0 Å². The highest BCUT2D eigenvalue weighted by Crippen LogP contribution is 2.20. The highest BCUT2D eigenvalue weighted by Gasteiger charge is 2.01. The van der Waals surface area contributed by atoms with Crippen LogP contribution in [-0.4, -0.2) is 35.5 Å². The van der Waals surface area contributed by atoms with Crippen molar-refractivity contribution in [1.29, 1.82) is 0 Å². The number of fused-ring (bicyclic) bond motifs is 1. The first kappa shape index (κ1) is 19.9. The van der Waals surface area contributed by atoms with Crippen LogP contribution in [0, 0.1) is 6.92 Å². The molecule has 0 bridgehead atoms. The third kappa shape index (κ3) is 8.08. The van der Waals surface area contributed by atoms with Crippen molar-refractivity contribution < 1.29 is 0 Å². The van der Waals surface area contributed by atoms with Gasteiger partial charge < -0.3 is 9.88 Å². The molecule has 0 unspecified atom stereocenters. The summed E-state index contributed by atoms with van der Waals surface area (Å²) in [6, 6.07) is 5.70. The van der Waals surface area contributed by atoms with E-state index in [9.17, 15) is 0 Å². The van der Waals surface area contributed by atoms with Gasteiger partial charge in [-0.1, -0.05) is 51.3 Å². The lowest BCUT2D eigenvalue weighted by molar-refractivity contribution is 0.393. The number of halogens is 1. The number of benzene rings is 1. The molecule has 0 fully saturated rings. The van der Waals surface area contributed by atoms with Gasteiger partial charge in [0.1, 0.15) is 11.3 Å². The summed E-state index contributed by atoms with van der Waals surface area (Å²) in [6.45, 7) is 9.39. The van der Waals surface area contributed by atoms with E-state index < -0.39 is 0 Å². The zero-order valence-corrected chi connectivity index (χ0v) is 15.1. The molecule has 0 aliphatic heterocycles. The Balaban J connectivity index is 0.000000358. The molecular weight excluding hydrogens is 282 g/mol. The summed E-state index contributed by atoms with van der Waals surface area (Å²) in [7, 11) is 4.24. The predicted molar refractivity (Wildman–Crippen MR) is 95.3 cm³/mol. The molecule has 0 aliphatic rings. The quantitative estimate of drug-likeness (QED) is 0.778. The Hall–Kier alpha value is -1.06. The van der Waals surface area contributed by atoms with Gasteiger partial charge in [0.05, 0.1) is 10.5 Å². The van der Waals surface area contributed by atoms with Crippen molar-refractivity contribution in [1.82, 2.24) is 14.9 Å². The monoisotopic (exact) mass is 311 g/mol. The van der Waals surface area contributed by atoms with E-state index in [0.29, 0.717) is 5.02 Å². The molecule has 3 nitrogen and oxygen atoms in total. The average Bonchev–Trinajstić information content (AvgIpc) is 2.84. The van der Waals surface area contributed by atoms with Gasteiger partial charge in [-0.25, -0.2) is 4.98 Å². The minimum atomic E-state index is 0.701. The highest BCUT2D eigenvalue weighted by atomic mass is 35.5. The lowest BCUT2D eigenvalue weighted by Gasteiger charge is -2.06. The molecule has 0 spiro atoms. The third-order valence-corrected chi connectivity index (χ3v) is 3.10. The van der Waals surface area contributed by atoms with Crippen LogP contribution in [0.4, 0.5) is 0 Å². The molecule has 1 aromatic heterocycles. The summed E-state index contributed by atoms with van der Waals surface area (Å²) in [5, 5.41) is 0.701. The molecule has 2 rings (SSSR count). The number of hydrogen-bond acceptors (Lipinski definition) is 2. The molecule has 1 heterocycles. The van der Waals surface area contributed by atoms with Crippen molar-refractivity contribution in [3.63, 3.8) is 0 Å². The largest absolute Gasteiger partial charge is 0.342 e. The maximum Gasteiger partial charge on any atom is 0.107 e. The van der Waals surface area contributed by atoms with Crippen LogP contribution >= 0.6 is 11.6 Å². The fourth-order valence-electron chi connectivity index (χ4n) is 1.80. The summed E-state index contributed by atoms with van der Waals surface area (Å²) in [6.07, 6.45) is 4.05. The molecule has 2 aromatic rings. The number of imidazole rings is 1. The topological polar surface area (TPSA) is 31.9 Å². The number of nitrogens with one attached hydrogen (secondary N) is 1. The Kier molecular flexibility index (Phi) is 11.0. The highest BCUT2D eigenvalue weighted by molar-refractivity contribution is 6.34. The van der Waals surface area contributed by atoms with Crippen LogP contribution in [0.5, 0.6) is 0 Å². The number of hydrogen-bond donors (Lipinski definition) is 1. The van der Waals surface area contributed by atoms with Crippen molar-refractivity contribution in [3.8, 4) is 0 Å². The fourth-order valence-corrected chi connectivity index (χ4v) is 2.02. The van der Waals surface area contributed by atoms with E-state index >= 15 is 0 Å². The van der Waals surface area contributed by atoms with Gasteiger partial charge in [-0.3, -0.25) is 0 Å². The second-order valence-electron chi connectivity index (χ2n) is 4.97. The van der Waals surface area contributed by atoms with E-state index in [1.165, 1.54) is 25.8 Å². The predicted octanol–water partition coefficient (Wildman–Crippen LogP) is 5.29. The molecule has 21 heavy (non-hydrogen) atoms. The van der Waals surface area contributed by atoms with E-state index in [1.54, 1.807) is 0 Å². The van der Waals surface area contributed by atoms with E-state index in [0.717, 1.165) is 16.9 Å². The van der Waals surface area contributed by atoms with Crippen molar-refractivity contribution >= 4 is 22.6 Å². The molecule has 4 heteroatoms. The van der Waals surface area contributed by atoms with Crippen LogP contribution in [0.1, 0.15) is 45.9 Å². The number of aryl methyl sites for hydroxylation is 1. The van der Waals surface area contributed by atoms with Gasteiger partial charge in [-0.15, -0.1) is 0 Å². The molecule has 1 aromatic carbocycles. The molecule has 0 amide bonds. The molecule has 0 saturated heterocycles. The molecule has 120 valence electrons. The number of rotatable bonds is 4. The molecule has 0 radical (unpaired) electrons. The van der Waals surface area contributed by atoms with Gasteiger partial charge in [0.25, 0.3) is 0 Å². The Morgan fingerprint density at radius 3 is 2.38 bits per heavy atom. The Morgan fingerprint density at radius 2 is 1.86 bits per heavy atom. The second-order valence-corrected chi connectivity index (χ2v) is 5.38. The van der Waals surface area contributed by atoms with Crippen LogP contribution in [0.3, 0.4) is 0 Å². The summed E-state index contributed by atoms with van der Waals surface area (Å²) >= 11 is 5.89. The minimum Gasteiger partial charge on any atom is -0.342 e. The molecular formula is C17H30ClN3. The fraction of sp³-hybridized carbons (Fsp3) is 0.588. The molecule has 0 saturated carbocycles. The lowest BCUT2D eigenvalue weighted by atomic mass is 10.2. The van der Waals surface area contributed by atoms with Crippen LogP contribution in [0.25, 0.3) is 11.0 Å². The van der Waals surface area contributed by atoms with E-state index in [1.807, 2.05) is 39.0 Å². The first-order chi connectivity index (χ1) is 10.0. The maximum atomic E-state index is 5.89. The summed E-state index contributed by atoms with van der Waals surface area (Å²) in [5.74, 6) is 0.896.